The van der Waals surface area contributed by atoms with Crippen LogP contribution in [0.2, 0.25) is 0 Å². The molecule has 1 aliphatic rings. The van der Waals surface area contributed by atoms with Gasteiger partial charge in [0.1, 0.15) is 6.33 Å². The fourth-order valence-corrected chi connectivity index (χ4v) is 2.53. The van der Waals surface area contributed by atoms with Gasteiger partial charge in [-0.15, -0.1) is 0 Å². The second-order valence-electron chi connectivity index (χ2n) is 4.78. The van der Waals surface area contributed by atoms with Crippen LogP contribution in [-0.4, -0.2) is 28.7 Å². The van der Waals surface area contributed by atoms with Crippen molar-refractivity contribution in [2.45, 2.75) is 44.8 Å². The lowest BCUT2D eigenvalue weighted by Crippen LogP contribution is -2.46. The second kappa shape index (κ2) is 5.56. The molecule has 2 atom stereocenters. The van der Waals surface area contributed by atoms with Gasteiger partial charge in [0.25, 0.3) is 0 Å². The highest BCUT2D eigenvalue weighted by molar-refractivity contribution is 5.15. The number of nitrogens with zero attached hydrogens (tertiary/aromatic N) is 2. The molecule has 1 N–H and O–H groups in total. The van der Waals surface area contributed by atoms with Crippen molar-refractivity contribution in [1.82, 2.24) is 15.3 Å². The van der Waals surface area contributed by atoms with Crippen molar-refractivity contribution >= 4 is 0 Å². The van der Waals surface area contributed by atoms with Crippen LogP contribution in [0.15, 0.2) is 18.7 Å². The van der Waals surface area contributed by atoms with Crippen molar-refractivity contribution in [1.29, 1.82) is 0 Å². The first-order valence-corrected chi connectivity index (χ1v) is 6.38. The van der Waals surface area contributed by atoms with Crippen LogP contribution in [0.3, 0.4) is 0 Å². The Hall–Kier alpha value is -1.00. The summed E-state index contributed by atoms with van der Waals surface area (Å²) >= 11 is 0. The van der Waals surface area contributed by atoms with E-state index in [2.05, 4.69) is 29.1 Å². The number of hydrogen-bond donors (Lipinski definition) is 1. The highest BCUT2D eigenvalue weighted by Crippen LogP contribution is 2.35. The fourth-order valence-electron chi connectivity index (χ4n) is 2.53. The molecule has 0 aliphatic carbocycles. The largest absolute Gasteiger partial charge is 0.373 e. The van der Waals surface area contributed by atoms with E-state index in [1.165, 1.54) is 12.8 Å². The Balaban J connectivity index is 2.22. The number of rotatable bonds is 4. The van der Waals surface area contributed by atoms with Crippen LogP contribution < -0.4 is 5.32 Å². The monoisotopic (exact) mass is 235 g/mol. The summed E-state index contributed by atoms with van der Waals surface area (Å²) in [5.41, 5.74) is 0.970. The van der Waals surface area contributed by atoms with E-state index in [-0.39, 0.29) is 11.6 Å². The van der Waals surface area contributed by atoms with Gasteiger partial charge < -0.3 is 10.1 Å². The summed E-state index contributed by atoms with van der Waals surface area (Å²) in [6, 6.07) is 0.175. The zero-order chi connectivity index (χ0) is 12.1. The van der Waals surface area contributed by atoms with Crippen LogP contribution in [0.25, 0.3) is 0 Å². The summed E-state index contributed by atoms with van der Waals surface area (Å²) in [5.74, 6) is 0. The Morgan fingerprint density at radius 1 is 1.41 bits per heavy atom. The molecular weight excluding hydrogens is 214 g/mol. The molecule has 2 rings (SSSR count). The number of hydrogen-bond acceptors (Lipinski definition) is 4. The number of aromatic nitrogens is 2. The van der Waals surface area contributed by atoms with E-state index in [0.29, 0.717) is 0 Å². The minimum absolute atomic E-state index is 0.140. The first-order valence-electron chi connectivity index (χ1n) is 6.38. The van der Waals surface area contributed by atoms with E-state index in [4.69, 9.17) is 4.74 Å². The van der Waals surface area contributed by atoms with Gasteiger partial charge in [-0.2, -0.15) is 0 Å². The minimum atomic E-state index is -0.140. The molecular formula is C13H21N3O. The molecule has 0 saturated carbocycles. The molecule has 1 aromatic rings. The lowest BCUT2D eigenvalue weighted by Gasteiger charge is -2.41. The van der Waals surface area contributed by atoms with Crippen molar-refractivity contribution in [3.63, 3.8) is 0 Å². The molecule has 0 amide bonds. The summed E-state index contributed by atoms with van der Waals surface area (Å²) < 4.78 is 6.02. The van der Waals surface area contributed by atoms with Crippen molar-refractivity contribution in [2.75, 3.05) is 13.2 Å². The Bertz CT molecular complexity index is 336. The predicted octanol–water partition coefficient (Wildman–Crippen LogP) is 2.09. The highest BCUT2D eigenvalue weighted by Gasteiger charge is 2.37. The lowest BCUT2D eigenvalue weighted by atomic mass is 9.85. The third-order valence-corrected chi connectivity index (χ3v) is 3.43. The Morgan fingerprint density at radius 3 is 2.76 bits per heavy atom. The molecule has 4 nitrogen and oxygen atoms in total. The summed E-state index contributed by atoms with van der Waals surface area (Å²) in [6.07, 6.45) is 8.80. The zero-order valence-corrected chi connectivity index (χ0v) is 10.6. The van der Waals surface area contributed by atoms with E-state index in [0.717, 1.165) is 25.1 Å². The molecule has 2 heterocycles. The van der Waals surface area contributed by atoms with Crippen LogP contribution in [0, 0.1) is 0 Å². The molecule has 0 aromatic carbocycles. The average Bonchev–Trinajstić information content (AvgIpc) is 2.38. The lowest BCUT2D eigenvalue weighted by molar-refractivity contribution is -0.0896. The van der Waals surface area contributed by atoms with Gasteiger partial charge >= 0.3 is 0 Å². The smallest absolute Gasteiger partial charge is 0.115 e. The summed E-state index contributed by atoms with van der Waals surface area (Å²) in [4.78, 5) is 8.21. The minimum Gasteiger partial charge on any atom is -0.373 e. The van der Waals surface area contributed by atoms with Crippen molar-refractivity contribution in [3.05, 3.63) is 24.3 Å². The average molecular weight is 235 g/mol. The summed E-state index contributed by atoms with van der Waals surface area (Å²) in [6.45, 7) is 6.07. The molecule has 1 aliphatic heterocycles. The fraction of sp³-hybridized carbons (Fsp3) is 0.692. The van der Waals surface area contributed by atoms with Crippen LogP contribution in [0.4, 0.5) is 0 Å². The van der Waals surface area contributed by atoms with E-state index in [9.17, 15) is 0 Å². The molecule has 0 bridgehead atoms. The SMILES string of the molecule is CCNC(c1cncnc1)C1(C)CCCCO1. The van der Waals surface area contributed by atoms with E-state index in [1.54, 1.807) is 6.33 Å². The third kappa shape index (κ3) is 2.82. The van der Waals surface area contributed by atoms with E-state index >= 15 is 0 Å². The number of nitrogens with one attached hydrogen (secondary N) is 1. The molecule has 1 saturated heterocycles. The first kappa shape index (κ1) is 12.5. The number of ether oxygens (including phenoxy) is 1. The molecule has 94 valence electrons. The second-order valence-corrected chi connectivity index (χ2v) is 4.78. The van der Waals surface area contributed by atoms with Gasteiger partial charge in [-0.3, -0.25) is 0 Å². The Labute approximate surface area is 103 Å². The van der Waals surface area contributed by atoms with E-state index < -0.39 is 0 Å². The molecule has 2 unspecified atom stereocenters. The van der Waals surface area contributed by atoms with Gasteiger partial charge in [-0.1, -0.05) is 6.92 Å². The highest BCUT2D eigenvalue weighted by atomic mass is 16.5. The van der Waals surface area contributed by atoms with Gasteiger partial charge in [0.05, 0.1) is 11.6 Å². The van der Waals surface area contributed by atoms with Crippen molar-refractivity contribution in [2.24, 2.45) is 0 Å². The topological polar surface area (TPSA) is 47.0 Å². The van der Waals surface area contributed by atoms with Crippen LogP contribution >= 0.6 is 0 Å². The van der Waals surface area contributed by atoms with E-state index in [1.807, 2.05) is 12.4 Å². The summed E-state index contributed by atoms with van der Waals surface area (Å²) in [7, 11) is 0. The summed E-state index contributed by atoms with van der Waals surface area (Å²) in [5, 5.41) is 3.50. The first-order chi connectivity index (χ1) is 8.26. The van der Waals surface area contributed by atoms with Crippen LogP contribution in [0.5, 0.6) is 0 Å². The predicted molar refractivity (Wildman–Crippen MR) is 66.7 cm³/mol. The van der Waals surface area contributed by atoms with Gasteiger partial charge in [-0.25, -0.2) is 9.97 Å². The normalized spacial score (nSPS) is 26.7. The van der Waals surface area contributed by atoms with Crippen molar-refractivity contribution in [3.8, 4) is 0 Å². The van der Waals surface area contributed by atoms with Gasteiger partial charge in [0, 0.05) is 24.6 Å². The Morgan fingerprint density at radius 2 is 2.18 bits per heavy atom. The quantitative estimate of drug-likeness (QED) is 0.868. The van der Waals surface area contributed by atoms with Gasteiger partial charge in [0.15, 0.2) is 0 Å². The third-order valence-electron chi connectivity index (χ3n) is 3.43. The maximum absolute atomic E-state index is 6.02. The zero-order valence-electron chi connectivity index (χ0n) is 10.6. The maximum atomic E-state index is 6.02. The number of likely N-dealkylation sites (N-methyl/N-ethyl adjacent to an activating group) is 1. The molecule has 1 fully saturated rings. The molecule has 17 heavy (non-hydrogen) atoms. The van der Waals surface area contributed by atoms with Crippen molar-refractivity contribution < 1.29 is 4.74 Å². The maximum Gasteiger partial charge on any atom is 0.115 e. The molecule has 4 heteroatoms. The standard InChI is InChI=1S/C13H21N3O/c1-3-16-12(11-8-14-10-15-9-11)13(2)6-4-5-7-17-13/h8-10,12,16H,3-7H2,1-2H3. The van der Waals surface area contributed by atoms with Crippen LogP contribution in [0.1, 0.15) is 44.7 Å². The van der Waals surface area contributed by atoms with Gasteiger partial charge in [0.2, 0.25) is 0 Å². The molecule has 0 spiro atoms. The molecule has 0 radical (unpaired) electrons. The van der Waals surface area contributed by atoms with Crippen LogP contribution in [-0.2, 0) is 4.74 Å². The van der Waals surface area contributed by atoms with Gasteiger partial charge in [-0.05, 0) is 32.7 Å². The molecule has 1 aromatic heterocycles. The Kier molecular flexibility index (Phi) is 4.07.